The SMILES string of the molecule is CN(C)c1ccc(NC(=O)[C@H](CC2CCCC2)c2cccc(S(=O)(=O)CCl)c2)nc1. The van der Waals surface area contributed by atoms with Crippen molar-refractivity contribution in [1.82, 2.24) is 4.98 Å². The van der Waals surface area contributed by atoms with Gasteiger partial charge in [0.05, 0.1) is 22.7 Å². The van der Waals surface area contributed by atoms with Gasteiger partial charge in [0.25, 0.3) is 0 Å². The highest BCUT2D eigenvalue weighted by atomic mass is 35.5. The first-order chi connectivity index (χ1) is 14.3. The molecule has 0 bridgehead atoms. The summed E-state index contributed by atoms with van der Waals surface area (Å²) in [6.45, 7) is 0. The van der Waals surface area contributed by atoms with E-state index in [0.29, 0.717) is 23.7 Å². The predicted octanol–water partition coefficient (Wildman–Crippen LogP) is 4.42. The number of benzene rings is 1. The number of carbonyl (C=O) groups is 1. The van der Waals surface area contributed by atoms with E-state index in [2.05, 4.69) is 10.3 Å². The number of amides is 1. The molecule has 1 heterocycles. The van der Waals surface area contributed by atoms with Crippen molar-refractivity contribution in [2.45, 2.75) is 42.9 Å². The maximum atomic E-state index is 13.2. The second-order valence-corrected chi connectivity index (χ2v) is 10.6. The molecule has 0 aliphatic heterocycles. The lowest BCUT2D eigenvalue weighted by Gasteiger charge is -2.21. The predicted molar refractivity (Wildman–Crippen MR) is 121 cm³/mol. The van der Waals surface area contributed by atoms with Crippen LogP contribution in [0.3, 0.4) is 0 Å². The van der Waals surface area contributed by atoms with Crippen molar-refractivity contribution in [3.05, 3.63) is 48.2 Å². The van der Waals surface area contributed by atoms with Gasteiger partial charge in [-0.1, -0.05) is 37.8 Å². The van der Waals surface area contributed by atoms with Gasteiger partial charge < -0.3 is 10.2 Å². The van der Waals surface area contributed by atoms with E-state index >= 15 is 0 Å². The first kappa shape index (κ1) is 22.6. The van der Waals surface area contributed by atoms with Gasteiger partial charge in [-0.05, 0) is 42.2 Å². The molecule has 0 saturated heterocycles. The molecule has 2 aromatic rings. The van der Waals surface area contributed by atoms with Crippen LogP contribution in [0, 0.1) is 5.92 Å². The summed E-state index contributed by atoms with van der Waals surface area (Å²) in [5.41, 5.74) is 1.63. The number of nitrogens with zero attached hydrogens (tertiary/aromatic N) is 2. The van der Waals surface area contributed by atoms with E-state index in [0.717, 1.165) is 18.5 Å². The summed E-state index contributed by atoms with van der Waals surface area (Å²) in [6, 6.07) is 10.3. The molecule has 162 valence electrons. The molecule has 1 atom stereocenters. The Labute approximate surface area is 183 Å². The highest BCUT2D eigenvalue weighted by molar-refractivity contribution is 7.92. The number of pyridine rings is 1. The molecule has 1 saturated carbocycles. The van der Waals surface area contributed by atoms with Crippen molar-refractivity contribution in [2.75, 3.05) is 29.5 Å². The number of halogens is 1. The molecule has 0 radical (unpaired) electrons. The Kier molecular flexibility index (Phi) is 7.36. The summed E-state index contributed by atoms with van der Waals surface area (Å²) in [5, 5.41) is 2.42. The van der Waals surface area contributed by atoms with Crippen molar-refractivity contribution in [1.29, 1.82) is 0 Å². The average Bonchev–Trinajstić information content (AvgIpc) is 3.25. The number of carbonyl (C=O) groups excluding carboxylic acids is 1. The molecular formula is C22H28ClN3O3S. The van der Waals surface area contributed by atoms with Gasteiger partial charge >= 0.3 is 0 Å². The summed E-state index contributed by atoms with van der Waals surface area (Å²) in [6.07, 6.45) is 6.93. The lowest BCUT2D eigenvalue weighted by atomic mass is 9.87. The Morgan fingerprint density at radius 3 is 2.57 bits per heavy atom. The van der Waals surface area contributed by atoms with Crippen molar-refractivity contribution in [2.24, 2.45) is 5.92 Å². The normalized spacial score (nSPS) is 15.7. The second kappa shape index (κ2) is 9.79. The smallest absolute Gasteiger partial charge is 0.233 e. The molecule has 1 N–H and O–H groups in total. The van der Waals surface area contributed by atoms with Gasteiger partial charge in [-0.2, -0.15) is 0 Å². The highest BCUT2D eigenvalue weighted by Gasteiger charge is 2.28. The zero-order valence-corrected chi connectivity index (χ0v) is 18.9. The van der Waals surface area contributed by atoms with Crippen LogP contribution in [-0.2, 0) is 14.6 Å². The Bertz CT molecular complexity index is 971. The Hall–Kier alpha value is -2.12. The van der Waals surface area contributed by atoms with Crippen LogP contribution >= 0.6 is 11.6 Å². The average molecular weight is 450 g/mol. The van der Waals surface area contributed by atoms with E-state index < -0.39 is 21.0 Å². The molecule has 0 unspecified atom stereocenters. The molecule has 1 aliphatic rings. The maximum Gasteiger partial charge on any atom is 0.233 e. The molecule has 8 heteroatoms. The minimum absolute atomic E-state index is 0.146. The van der Waals surface area contributed by atoms with E-state index in [4.69, 9.17) is 11.6 Å². The summed E-state index contributed by atoms with van der Waals surface area (Å²) < 4.78 is 24.4. The van der Waals surface area contributed by atoms with Gasteiger partial charge in [0, 0.05) is 14.1 Å². The fraction of sp³-hybridized carbons (Fsp3) is 0.455. The topological polar surface area (TPSA) is 79.4 Å². The molecule has 1 aliphatic carbocycles. The summed E-state index contributed by atoms with van der Waals surface area (Å²) >= 11 is 5.62. The molecule has 1 aromatic carbocycles. The number of hydrogen-bond acceptors (Lipinski definition) is 5. The van der Waals surface area contributed by atoms with Crippen LogP contribution in [-0.4, -0.2) is 38.6 Å². The number of anilines is 2. The molecule has 0 spiro atoms. The second-order valence-electron chi connectivity index (χ2n) is 8.02. The van der Waals surface area contributed by atoms with Crippen LogP contribution in [0.4, 0.5) is 11.5 Å². The first-order valence-corrected chi connectivity index (χ1v) is 12.3. The molecule has 1 amide bonds. The third kappa shape index (κ3) is 5.52. The molecular weight excluding hydrogens is 422 g/mol. The molecule has 3 rings (SSSR count). The van der Waals surface area contributed by atoms with E-state index in [1.54, 1.807) is 24.4 Å². The van der Waals surface area contributed by atoms with Crippen LogP contribution in [0.1, 0.15) is 43.6 Å². The van der Waals surface area contributed by atoms with E-state index in [9.17, 15) is 13.2 Å². The fourth-order valence-electron chi connectivity index (χ4n) is 3.90. The van der Waals surface area contributed by atoms with Crippen LogP contribution in [0.15, 0.2) is 47.5 Å². The number of sulfone groups is 1. The Morgan fingerprint density at radius 1 is 1.23 bits per heavy atom. The lowest BCUT2D eigenvalue weighted by molar-refractivity contribution is -0.118. The quantitative estimate of drug-likeness (QED) is 0.603. The summed E-state index contributed by atoms with van der Waals surface area (Å²) in [4.78, 5) is 19.6. The zero-order valence-electron chi connectivity index (χ0n) is 17.3. The van der Waals surface area contributed by atoms with Gasteiger partial charge in [-0.3, -0.25) is 4.79 Å². The summed E-state index contributed by atoms with van der Waals surface area (Å²) in [7, 11) is 0.289. The van der Waals surface area contributed by atoms with E-state index in [-0.39, 0.29) is 10.8 Å². The third-order valence-corrected chi connectivity index (χ3v) is 7.76. The molecule has 1 aromatic heterocycles. The van der Waals surface area contributed by atoms with E-state index in [1.807, 2.05) is 31.1 Å². The van der Waals surface area contributed by atoms with Gasteiger partial charge in [0.15, 0.2) is 9.84 Å². The first-order valence-electron chi connectivity index (χ1n) is 10.1. The standard InChI is InChI=1S/C22H28ClN3O3S/c1-26(2)18-10-11-21(24-14-18)25-22(27)20(12-16-6-3-4-7-16)17-8-5-9-19(13-17)30(28,29)15-23/h5,8-11,13-14,16,20H,3-4,6-7,12,15H2,1-2H3,(H,24,25,27)/t20-/m1/s1. The van der Waals surface area contributed by atoms with Crippen LogP contribution < -0.4 is 10.2 Å². The summed E-state index contributed by atoms with van der Waals surface area (Å²) in [5.74, 6) is 0.311. The van der Waals surface area contributed by atoms with Crippen molar-refractivity contribution in [3.63, 3.8) is 0 Å². The number of rotatable bonds is 8. The van der Waals surface area contributed by atoms with Gasteiger partial charge in [0.2, 0.25) is 5.91 Å². The Balaban J connectivity index is 1.86. The minimum atomic E-state index is -3.56. The molecule has 30 heavy (non-hydrogen) atoms. The number of alkyl halides is 1. The largest absolute Gasteiger partial charge is 0.376 e. The highest BCUT2D eigenvalue weighted by Crippen LogP contribution is 2.35. The molecule has 6 nitrogen and oxygen atoms in total. The number of nitrogens with one attached hydrogen (secondary N) is 1. The van der Waals surface area contributed by atoms with Crippen LogP contribution in [0.5, 0.6) is 0 Å². The molecule has 1 fully saturated rings. The van der Waals surface area contributed by atoms with Crippen LogP contribution in [0.25, 0.3) is 0 Å². The van der Waals surface area contributed by atoms with E-state index in [1.165, 1.54) is 18.9 Å². The minimum Gasteiger partial charge on any atom is -0.376 e. The zero-order chi connectivity index (χ0) is 21.7. The van der Waals surface area contributed by atoms with Gasteiger partial charge in [-0.15, -0.1) is 11.6 Å². The van der Waals surface area contributed by atoms with Crippen LogP contribution in [0.2, 0.25) is 0 Å². The Morgan fingerprint density at radius 2 is 1.97 bits per heavy atom. The van der Waals surface area contributed by atoms with Gasteiger partial charge in [-0.25, -0.2) is 13.4 Å². The monoisotopic (exact) mass is 449 g/mol. The van der Waals surface area contributed by atoms with Crippen molar-refractivity contribution in [3.8, 4) is 0 Å². The third-order valence-electron chi connectivity index (χ3n) is 5.64. The maximum absolute atomic E-state index is 13.2. The lowest BCUT2D eigenvalue weighted by Crippen LogP contribution is -2.24. The fourth-order valence-corrected chi connectivity index (χ4v) is 5.01. The van der Waals surface area contributed by atoms with Crippen molar-refractivity contribution >= 4 is 38.9 Å². The van der Waals surface area contributed by atoms with Gasteiger partial charge in [0.1, 0.15) is 11.0 Å². The van der Waals surface area contributed by atoms with Crippen molar-refractivity contribution < 1.29 is 13.2 Å². The number of hydrogen-bond donors (Lipinski definition) is 1. The number of aromatic nitrogens is 1.